The van der Waals surface area contributed by atoms with Crippen LogP contribution in [0.25, 0.3) is 0 Å². The molecule has 0 heterocycles. The van der Waals surface area contributed by atoms with Crippen LogP contribution in [0.4, 0.5) is 0 Å². The summed E-state index contributed by atoms with van der Waals surface area (Å²) in [7, 11) is 0. The molecular weight excluding hydrogens is 258 g/mol. The van der Waals surface area contributed by atoms with Crippen LogP contribution in [0.5, 0.6) is 0 Å². The summed E-state index contributed by atoms with van der Waals surface area (Å²) in [6, 6.07) is 9.17. The molecule has 3 rings (SSSR count). The quantitative estimate of drug-likeness (QED) is 0.808. The van der Waals surface area contributed by atoms with Crippen molar-refractivity contribution in [3.63, 3.8) is 0 Å². The molecule has 0 bridgehead atoms. The molecular formula is C19H27NO. The first-order valence-corrected chi connectivity index (χ1v) is 8.67. The fourth-order valence-electron chi connectivity index (χ4n) is 4.22. The van der Waals surface area contributed by atoms with Crippen LogP contribution in [-0.2, 0) is 11.2 Å². The number of fused-ring (bicyclic) bond motifs is 1. The van der Waals surface area contributed by atoms with E-state index < -0.39 is 0 Å². The van der Waals surface area contributed by atoms with Gasteiger partial charge in [-0.15, -0.1) is 0 Å². The van der Waals surface area contributed by atoms with Gasteiger partial charge in [-0.2, -0.15) is 0 Å². The molecule has 1 amide bonds. The van der Waals surface area contributed by atoms with Gasteiger partial charge in [0, 0.05) is 19.0 Å². The van der Waals surface area contributed by atoms with Gasteiger partial charge >= 0.3 is 0 Å². The maximum absolute atomic E-state index is 12.8. The zero-order chi connectivity index (χ0) is 14.7. The summed E-state index contributed by atoms with van der Waals surface area (Å²) in [5, 5.41) is 0. The Labute approximate surface area is 128 Å². The van der Waals surface area contributed by atoms with Crippen molar-refractivity contribution in [2.45, 2.75) is 70.3 Å². The summed E-state index contributed by atoms with van der Waals surface area (Å²) in [5.74, 6) is 0.831. The van der Waals surface area contributed by atoms with Crippen LogP contribution in [0, 0.1) is 0 Å². The maximum Gasteiger partial charge on any atom is 0.223 e. The summed E-state index contributed by atoms with van der Waals surface area (Å²) < 4.78 is 0. The summed E-state index contributed by atoms with van der Waals surface area (Å²) in [6.07, 6.45) is 9.35. The second-order valence-corrected chi connectivity index (χ2v) is 6.61. The van der Waals surface area contributed by atoms with Crippen LogP contribution in [0.3, 0.4) is 0 Å². The average molecular weight is 285 g/mol. The lowest BCUT2D eigenvalue weighted by Gasteiger charge is -2.34. The van der Waals surface area contributed by atoms with Gasteiger partial charge in [-0.1, -0.05) is 43.5 Å². The van der Waals surface area contributed by atoms with E-state index in [0.29, 0.717) is 24.3 Å². The number of carbonyl (C=O) groups excluding carboxylic acids is 1. The standard InChI is InChI=1S/C19H27NO/c1-2-20(17-9-4-3-5-10-17)19(21)14-16-13-12-15-8-6-7-11-18(15)16/h6-8,11,16-17H,2-5,9-10,12-14H2,1H3. The third-order valence-electron chi connectivity index (χ3n) is 5.35. The third-order valence-corrected chi connectivity index (χ3v) is 5.35. The Morgan fingerprint density at radius 2 is 1.90 bits per heavy atom. The van der Waals surface area contributed by atoms with Crippen molar-refractivity contribution in [2.24, 2.45) is 0 Å². The number of benzene rings is 1. The van der Waals surface area contributed by atoms with Gasteiger partial charge in [0.05, 0.1) is 0 Å². The van der Waals surface area contributed by atoms with E-state index >= 15 is 0 Å². The minimum Gasteiger partial charge on any atom is -0.340 e. The Balaban J connectivity index is 1.65. The number of hydrogen-bond acceptors (Lipinski definition) is 1. The second kappa shape index (κ2) is 6.64. The van der Waals surface area contributed by atoms with E-state index in [1.165, 1.54) is 43.2 Å². The molecule has 1 saturated carbocycles. The Bertz CT molecular complexity index is 490. The average Bonchev–Trinajstić information content (AvgIpc) is 2.92. The van der Waals surface area contributed by atoms with Gasteiger partial charge in [0.1, 0.15) is 0 Å². The normalized spacial score (nSPS) is 22.0. The zero-order valence-corrected chi connectivity index (χ0v) is 13.2. The largest absolute Gasteiger partial charge is 0.340 e. The molecule has 1 fully saturated rings. The van der Waals surface area contributed by atoms with E-state index in [1.54, 1.807) is 0 Å². The first-order valence-electron chi connectivity index (χ1n) is 8.67. The molecule has 2 aliphatic rings. The first-order chi connectivity index (χ1) is 10.3. The molecule has 0 aromatic heterocycles. The van der Waals surface area contributed by atoms with Crippen molar-refractivity contribution >= 4 is 5.91 Å². The molecule has 0 radical (unpaired) electrons. The molecule has 2 heteroatoms. The zero-order valence-electron chi connectivity index (χ0n) is 13.2. The maximum atomic E-state index is 12.8. The van der Waals surface area contributed by atoms with Gasteiger partial charge in [0.2, 0.25) is 5.91 Å². The number of hydrogen-bond donors (Lipinski definition) is 0. The number of amides is 1. The molecule has 1 atom stereocenters. The van der Waals surface area contributed by atoms with Crippen LogP contribution in [0.1, 0.15) is 68.9 Å². The molecule has 0 spiro atoms. The van der Waals surface area contributed by atoms with Gasteiger partial charge < -0.3 is 4.90 Å². The highest BCUT2D eigenvalue weighted by Crippen LogP contribution is 2.36. The second-order valence-electron chi connectivity index (χ2n) is 6.61. The van der Waals surface area contributed by atoms with Crippen molar-refractivity contribution < 1.29 is 4.79 Å². The lowest BCUT2D eigenvalue weighted by Crippen LogP contribution is -2.41. The monoisotopic (exact) mass is 285 g/mol. The summed E-state index contributed by atoms with van der Waals surface area (Å²) >= 11 is 0. The van der Waals surface area contributed by atoms with E-state index in [1.807, 2.05) is 0 Å². The van der Waals surface area contributed by atoms with Crippen LogP contribution < -0.4 is 0 Å². The van der Waals surface area contributed by atoms with Crippen molar-refractivity contribution in [1.29, 1.82) is 0 Å². The molecule has 1 aromatic carbocycles. The van der Waals surface area contributed by atoms with E-state index in [-0.39, 0.29) is 0 Å². The lowest BCUT2D eigenvalue weighted by molar-refractivity contribution is -0.134. The van der Waals surface area contributed by atoms with E-state index in [9.17, 15) is 4.79 Å². The molecule has 114 valence electrons. The minimum atomic E-state index is 0.381. The lowest BCUT2D eigenvalue weighted by atomic mass is 9.92. The SMILES string of the molecule is CCN(C(=O)CC1CCc2ccccc21)C1CCCCC1. The smallest absolute Gasteiger partial charge is 0.223 e. The van der Waals surface area contributed by atoms with E-state index in [4.69, 9.17) is 0 Å². The summed E-state index contributed by atoms with van der Waals surface area (Å²) in [6.45, 7) is 3.01. The van der Waals surface area contributed by atoms with Crippen LogP contribution in [-0.4, -0.2) is 23.4 Å². The molecule has 1 aromatic rings. The highest BCUT2D eigenvalue weighted by molar-refractivity contribution is 5.77. The number of nitrogens with zero attached hydrogens (tertiary/aromatic N) is 1. The fourth-order valence-corrected chi connectivity index (χ4v) is 4.22. The van der Waals surface area contributed by atoms with Gasteiger partial charge in [-0.3, -0.25) is 4.79 Å². The van der Waals surface area contributed by atoms with Crippen molar-refractivity contribution in [1.82, 2.24) is 4.90 Å². The Morgan fingerprint density at radius 3 is 2.67 bits per heavy atom. The molecule has 1 unspecified atom stereocenters. The van der Waals surface area contributed by atoms with E-state index in [0.717, 1.165) is 19.4 Å². The summed E-state index contributed by atoms with van der Waals surface area (Å²) in [5.41, 5.74) is 2.88. The minimum absolute atomic E-state index is 0.381. The molecule has 0 N–H and O–H groups in total. The van der Waals surface area contributed by atoms with Crippen LogP contribution >= 0.6 is 0 Å². The third kappa shape index (κ3) is 3.14. The predicted molar refractivity (Wildman–Crippen MR) is 86.4 cm³/mol. The molecule has 2 nitrogen and oxygen atoms in total. The fraction of sp³-hybridized carbons (Fsp3) is 0.632. The Kier molecular flexibility index (Phi) is 4.62. The molecule has 2 aliphatic carbocycles. The molecule has 0 aliphatic heterocycles. The van der Waals surface area contributed by atoms with Crippen molar-refractivity contribution in [3.8, 4) is 0 Å². The molecule has 21 heavy (non-hydrogen) atoms. The number of carbonyl (C=O) groups is 1. The van der Waals surface area contributed by atoms with Gasteiger partial charge in [0.15, 0.2) is 0 Å². The first kappa shape index (κ1) is 14.6. The van der Waals surface area contributed by atoms with Crippen LogP contribution in [0.15, 0.2) is 24.3 Å². The summed E-state index contributed by atoms with van der Waals surface area (Å²) in [4.78, 5) is 14.9. The van der Waals surface area contributed by atoms with Gasteiger partial charge in [-0.05, 0) is 49.7 Å². The van der Waals surface area contributed by atoms with Crippen molar-refractivity contribution in [3.05, 3.63) is 35.4 Å². The Hall–Kier alpha value is -1.31. The van der Waals surface area contributed by atoms with Gasteiger partial charge in [-0.25, -0.2) is 0 Å². The highest BCUT2D eigenvalue weighted by Gasteiger charge is 2.29. The van der Waals surface area contributed by atoms with Crippen molar-refractivity contribution in [2.75, 3.05) is 6.54 Å². The predicted octanol–water partition coefficient (Wildman–Crippen LogP) is 4.29. The molecule has 0 saturated heterocycles. The van der Waals surface area contributed by atoms with Gasteiger partial charge in [0.25, 0.3) is 0 Å². The number of rotatable bonds is 4. The topological polar surface area (TPSA) is 20.3 Å². The van der Waals surface area contributed by atoms with E-state index in [2.05, 4.69) is 36.1 Å². The Morgan fingerprint density at radius 1 is 1.14 bits per heavy atom. The highest BCUT2D eigenvalue weighted by atomic mass is 16.2. The van der Waals surface area contributed by atoms with Crippen LogP contribution in [0.2, 0.25) is 0 Å². The number of aryl methyl sites for hydroxylation is 1.